The molecule has 0 saturated carbocycles. The molecule has 16 unspecified atom stereocenters. The number of cyclic esters (lactones) is 4. The second-order valence-corrected chi connectivity index (χ2v) is 19.0. The van der Waals surface area contributed by atoms with Crippen LogP contribution in [0.1, 0.15) is 159 Å². The highest BCUT2D eigenvalue weighted by Gasteiger charge is 2.42. The topological polar surface area (TPSA) is 142 Å². The van der Waals surface area contributed by atoms with E-state index < -0.39 is 23.7 Å². The molecule has 5 aliphatic rings. The number of carbonyl (C=O) groups is 4. The summed E-state index contributed by atoms with van der Waals surface area (Å²) in [4.78, 5) is 54.0. The van der Waals surface area contributed by atoms with Gasteiger partial charge in [-0.05, 0) is 104 Å². The predicted octanol–water partition coefficient (Wildman–Crippen LogP) is 8.07. The highest BCUT2D eigenvalue weighted by molar-refractivity contribution is 5.74. The van der Waals surface area contributed by atoms with Gasteiger partial charge in [0, 0.05) is 25.7 Å². The molecule has 5 saturated heterocycles. The van der Waals surface area contributed by atoms with Gasteiger partial charge in [-0.1, -0.05) is 41.5 Å². The monoisotopic (exact) mass is 821 g/mol. The summed E-state index contributed by atoms with van der Waals surface area (Å²) >= 11 is 0. The number of hydrogen-bond acceptors (Lipinski definition) is 12. The van der Waals surface area contributed by atoms with Gasteiger partial charge in [-0.25, -0.2) is 0 Å². The van der Waals surface area contributed by atoms with E-state index in [9.17, 15) is 19.2 Å². The molecule has 0 aromatic rings. The van der Waals surface area contributed by atoms with E-state index in [4.69, 9.17) is 37.9 Å². The summed E-state index contributed by atoms with van der Waals surface area (Å²) in [6.45, 7) is 19.7. The van der Waals surface area contributed by atoms with Crippen LogP contribution in [0.4, 0.5) is 0 Å². The fourth-order valence-corrected chi connectivity index (χ4v) is 9.38. The molecule has 5 fully saturated rings. The van der Waals surface area contributed by atoms with Crippen LogP contribution in [0.5, 0.6) is 0 Å². The van der Waals surface area contributed by atoms with Gasteiger partial charge in [-0.2, -0.15) is 0 Å². The molecule has 0 radical (unpaired) electrons. The van der Waals surface area contributed by atoms with E-state index in [1.807, 2.05) is 69.2 Å². The van der Waals surface area contributed by atoms with Gasteiger partial charge in [0.05, 0.1) is 72.5 Å². The normalized spacial score (nSPS) is 42.0. The molecule has 0 spiro atoms. The van der Waals surface area contributed by atoms with Crippen molar-refractivity contribution in [3.05, 3.63) is 0 Å². The van der Waals surface area contributed by atoms with Crippen LogP contribution in [0.3, 0.4) is 0 Å². The highest BCUT2D eigenvalue weighted by Crippen LogP contribution is 2.36. The molecule has 5 rings (SSSR count). The third kappa shape index (κ3) is 12.4. The zero-order valence-electron chi connectivity index (χ0n) is 37.2. The molecular formula is C46H76O12. The maximum absolute atomic E-state index is 13.6. The lowest BCUT2D eigenvalue weighted by Crippen LogP contribution is -2.36. The predicted molar refractivity (Wildman–Crippen MR) is 216 cm³/mol. The Balaban J connectivity index is 1.27. The Hall–Kier alpha value is -2.28. The van der Waals surface area contributed by atoms with Crippen LogP contribution >= 0.6 is 0 Å². The fraction of sp³-hybridized carbons (Fsp3) is 0.913. The van der Waals surface area contributed by atoms with Crippen LogP contribution in [-0.4, -0.2) is 97.1 Å². The Morgan fingerprint density at radius 2 is 0.672 bits per heavy atom. The van der Waals surface area contributed by atoms with Crippen LogP contribution in [0.25, 0.3) is 0 Å². The Kier molecular flexibility index (Phi) is 17.3. The molecule has 332 valence electrons. The van der Waals surface area contributed by atoms with E-state index in [0.29, 0.717) is 38.5 Å². The first-order valence-corrected chi connectivity index (χ1v) is 23.0. The van der Waals surface area contributed by atoms with Crippen LogP contribution in [0.2, 0.25) is 0 Å². The molecule has 12 nitrogen and oxygen atoms in total. The number of hydrogen-bond donors (Lipinski definition) is 0. The van der Waals surface area contributed by atoms with E-state index >= 15 is 0 Å². The quantitative estimate of drug-likeness (QED) is 0.200. The number of fused-ring (bicyclic) bond motifs is 8. The van der Waals surface area contributed by atoms with Crippen molar-refractivity contribution >= 4 is 23.9 Å². The minimum absolute atomic E-state index is 0.0790. The Labute approximate surface area is 348 Å². The lowest BCUT2D eigenvalue weighted by molar-refractivity contribution is -0.165. The van der Waals surface area contributed by atoms with Gasteiger partial charge < -0.3 is 37.9 Å². The molecule has 0 amide bonds. The van der Waals surface area contributed by atoms with Gasteiger partial charge in [0.15, 0.2) is 0 Å². The van der Waals surface area contributed by atoms with Crippen LogP contribution in [0.15, 0.2) is 0 Å². The smallest absolute Gasteiger partial charge is 0.311 e. The third-order valence-electron chi connectivity index (χ3n) is 13.8. The zero-order valence-corrected chi connectivity index (χ0v) is 37.2. The van der Waals surface area contributed by atoms with Crippen LogP contribution < -0.4 is 0 Å². The SMILES string of the molecule is CCC1CC2CCC(O2)C(C)C(=O)OC(C(C)C)CC2CCC(O2)C(C)C(=O)OC(C(C)C)CC2CCC(O2)C(C)C(=O)OC(CC)CC2CCC(O2)C(C)C(=O)O1. The summed E-state index contributed by atoms with van der Waals surface area (Å²) in [5.74, 6) is -2.73. The Morgan fingerprint density at radius 1 is 0.414 bits per heavy atom. The molecule has 58 heavy (non-hydrogen) atoms. The van der Waals surface area contributed by atoms with Crippen molar-refractivity contribution in [2.75, 3.05) is 0 Å². The van der Waals surface area contributed by atoms with Gasteiger partial charge >= 0.3 is 23.9 Å². The van der Waals surface area contributed by atoms with Crippen molar-refractivity contribution in [2.24, 2.45) is 35.5 Å². The Morgan fingerprint density at radius 3 is 0.931 bits per heavy atom. The molecule has 8 bridgehead atoms. The van der Waals surface area contributed by atoms with Crippen molar-refractivity contribution in [3.8, 4) is 0 Å². The number of ether oxygens (including phenoxy) is 8. The fourth-order valence-electron chi connectivity index (χ4n) is 9.38. The van der Waals surface area contributed by atoms with Crippen molar-refractivity contribution in [3.63, 3.8) is 0 Å². The molecule has 5 aliphatic heterocycles. The minimum Gasteiger partial charge on any atom is -0.462 e. The summed E-state index contributed by atoms with van der Waals surface area (Å²) in [5.41, 5.74) is 0. The average Bonchev–Trinajstić information content (AvgIpc) is 4.03. The summed E-state index contributed by atoms with van der Waals surface area (Å²) in [7, 11) is 0. The first-order valence-electron chi connectivity index (χ1n) is 23.0. The number of rotatable bonds is 4. The second-order valence-electron chi connectivity index (χ2n) is 19.0. The van der Waals surface area contributed by atoms with E-state index in [2.05, 4.69) is 0 Å². The lowest BCUT2D eigenvalue weighted by atomic mass is 9.96. The van der Waals surface area contributed by atoms with E-state index in [-0.39, 0.29) is 109 Å². The first kappa shape index (κ1) is 46.8. The maximum atomic E-state index is 13.6. The van der Waals surface area contributed by atoms with Crippen molar-refractivity contribution in [1.29, 1.82) is 0 Å². The largest absolute Gasteiger partial charge is 0.462 e. The molecule has 0 aromatic heterocycles. The van der Waals surface area contributed by atoms with Crippen LogP contribution in [-0.2, 0) is 57.1 Å². The number of esters is 4. The molecule has 0 N–H and O–H groups in total. The van der Waals surface area contributed by atoms with E-state index in [1.54, 1.807) is 0 Å². The average molecular weight is 821 g/mol. The summed E-state index contributed by atoms with van der Waals surface area (Å²) < 4.78 is 50.1. The molecular weight excluding hydrogens is 744 g/mol. The molecule has 0 aliphatic carbocycles. The summed E-state index contributed by atoms with van der Waals surface area (Å²) in [5, 5.41) is 0. The molecule has 5 heterocycles. The van der Waals surface area contributed by atoms with Gasteiger partial charge in [0.2, 0.25) is 0 Å². The first-order chi connectivity index (χ1) is 27.6. The van der Waals surface area contributed by atoms with E-state index in [1.165, 1.54) is 0 Å². The Bertz CT molecular complexity index is 1340. The van der Waals surface area contributed by atoms with Crippen LogP contribution in [0, 0.1) is 35.5 Å². The molecule has 12 heteroatoms. The maximum Gasteiger partial charge on any atom is 0.311 e. The summed E-state index contributed by atoms with van der Waals surface area (Å²) in [6.07, 6.45) is 6.64. The van der Waals surface area contributed by atoms with Crippen molar-refractivity contribution in [2.45, 2.75) is 232 Å². The lowest BCUT2D eigenvalue weighted by Gasteiger charge is -2.29. The number of carbonyl (C=O) groups excluding carboxylic acids is 4. The van der Waals surface area contributed by atoms with Crippen molar-refractivity contribution < 1.29 is 57.1 Å². The van der Waals surface area contributed by atoms with Gasteiger partial charge in [-0.15, -0.1) is 0 Å². The van der Waals surface area contributed by atoms with Crippen molar-refractivity contribution in [1.82, 2.24) is 0 Å². The molecule has 16 atom stereocenters. The minimum atomic E-state index is -0.453. The van der Waals surface area contributed by atoms with Gasteiger partial charge in [-0.3, -0.25) is 19.2 Å². The third-order valence-corrected chi connectivity index (χ3v) is 13.8. The van der Waals surface area contributed by atoms with Gasteiger partial charge in [0.1, 0.15) is 24.4 Å². The standard InChI is InChI=1S/C46H76O12/c1-11-31-21-33-13-17-37(51-33)27(7)43(47)55-32(12-2)22-34-14-18-39(52-34)29(9)45(49)57-42(26(5)6)24-36-16-20-40(54-36)30(10)46(50)58-41(25(3)4)23-35-15-19-38(53-35)28(8)44(48)56-31/h25-42H,11-24H2,1-10H3. The zero-order chi connectivity index (χ0) is 42.3. The van der Waals surface area contributed by atoms with E-state index in [0.717, 1.165) is 51.4 Å². The highest BCUT2D eigenvalue weighted by atomic mass is 16.6. The summed E-state index contributed by atoms with van der Waals surface area (Å²) in [6, 6.07) is 0. The van der Waals surface area contributed by atoms with Gasteiger partial charge in [0.25, 0.3) is 0 Å². The molecule has 0 aromatic carbocycles. The second kappa shape index (κ2) is 21.5.